The molecule has 0 bridgehead atoms. The quantitative estimate of drug-likeness (QED) is 0.531. The van der Waals surface area contributed by atoms with Crippen LogP contribution in [-0.4, -0.2) is 34.0 Å². The minimum atomic E-state index is -3.20. The van der Waals surface area contributed by atoms with Crippen molar-refractivity contribution < 1.29 is 17.3 Å². The fourth-order valence-electron chi connectivity index (χ4n) is 0.876. The van der Waals surface area contributed by atoms with Gasteiger partial charge in [0.25, 0.3) is 10.1 Å². The van der Waals surface area contributed by atoms with Crippen LogP contribution in [0, 0.1) is 0 Å². The second-order valence-corrected chi connectivity index (χ2v) is 3.94. The van der Waals surface area contributed by atoms with Crippen LogP contribution >= 0.6 is 0 Å². The Morgan fingerprint density at radius 1 is 1.70 bits per heavy atom. The number of hydrogen-bond acceptors (Lipinski definition) is 4. The molecule has 0 aromatic carbocycles. The van der Waals surface area contributed by atoms with Gasteiger partial charge in [0.15, 0.2) is 0 Å². The Morgan fingerprint density at radius 3 is 2.80 bits per heavy atom. The highest BCUT2D eigenvalue weighted by molar-refractivity contribution is 7.86. The Balaban J connectivity index is 2.44. The van der Waals surface area contributed by atoms with Crippen molar-refractivity contribution in [3.8, 4) is 0 Å². The lowest BCUT2D eigenvalue weighted by atomic mass is 10.3. The first-order valence-electron chi connectivity index (χ1n) is 3.04. The maximum absolute atomic E-state index is 10.6. The van der Waals surface area contributed by atoms with Gasteiger partial charge in [0, 0.05) is 7.11 Å². The van der Waals surface area contributed by atoms with Crippen molar-refractivity contribution in [3.05, 3.63) is 0 Å². The van der Waals surface area contributed by atoms with E-state index >= 15 is 0 Å². The lowest BCUT2D eigenvalue weighted by Gasteiger charge is -2.03. The molecule has 1 aliphatic heterocycles. The molecule has 10 heavy (non-hydrogen) atoms. The molecule has 1 fully saturated rings. The summed E-state index contributed by atoms with van der Waals surface area (Å²) >= 11 is 0. The summed E-state index contributed by atoms with van der Waals surface area (Å²) in [5.41, 5.74) is 0. The summed E-state index contributed by atoms with van der Waals surface area (Å²) in [6.07, 6.45) is 0.297. The van der Waals surface area contributed by atoms with E-state index in [1.807, 2.05) is 0 Å². The second-order valence-electron chi connectivity index (χ2n) is 2.22. The lowest BCUT2D eigenvalue weighted by molar-refractivity contribution is 0.0965. The third-order valence-corrected chi connectivity index (χ3v) is 2.63. The summed E-state index contributed by atoms with van der Waals surface area (Å²) in [4.78, 5) is 0. The largest absolute Gasteiger partial charge is 0.382 e. The molecule has 0 radical (unpaired) electrons. The second kappa shape index (κ2) is 2.86. The molecule has 1 saturated heterocycles. The lowest BCUT2D eigenvalue weighted by Crippen LogP contribution is -2.13. The maximum Gasteiger partial charge on any atom is 0.267 e. The van der Waals surface area contributed by atoms with Crippen molar-refractivity contribution in [1.82, 2.24) is 0 Å². The van der Waals surface area contributed by atoms with Crippen LogP contribution in [0.1, 0.15) is 6.42 Å². The highest BCUT2D eigenvalue weighted by Crippen LogP contribution is 2.15. The van der Waals surface area contributed by atoms with Crippen molar-refractivity contribution >= 4 is 10.1 Å². The summed E-state index contributed by atoms with van der Waals surface area (Å²) in [7, 11) is -1.68. The fourth-order valence-corrected chi connectivity index (χ4v) is 2.09. The summed E-state index contributed by atoms with van der Waals surface area (Å²) in [6, 6.07) is 0. The predicted octanol–water partition coefficient (Wildman–Crippen LogP) is -0.248. The van der Waals surface area contributed by atoms with E-state index in [2.05, 4.69) is 4.18 Å². The highest BCUT2D eigenvalue weighted by Gasteiger charge is 2.28. The third-order valence-electron chi connectivity index (χ3n) is 1.33. The van der Waals surface area contributed by atoms with Gasteiger partial charge in [-0.05, 0) is 6.42 Å². The minimum absolute atomic E-state index is 0.126. The summed E-state index contributed by atoms with van der Waals surface area (Å²) in [6.45, 7) is 0.360. The first-order chi connectivity index (χ1) is 4.64. The summed E-state index contributed by atoms with van der Waals surface area (Å²) in [5.74, 6) is 0.126. The number of methoxy groups -OCH3 is 1. The van der Waals surface area contributed by atoms with Crippen LogP contribution in [0.15, 0.2) is 0 Å². The Labute approximate surface area is 60.3 Å². The molecule has 0 aromatic heterocycles. The molecule has 1 unspecified atom stereocenters. The Kier molecular flexibility index (Phi) is 2.28. The zero-order chi connectivity index (χ0) is 7.61. The van der Waals surface area contributed by atoms with Gasteiger partial charge in [0.2, 0.25) is 0 Å². The summed E-state index contributed by atoms with van der Waals surface area (Å²) in [5, 5.41) is 0. The zero-order valence-corrected chi connectivity index (χ0v) is 6.56. The van der Waals surface area contributed by atoms with Gasteiger partial charge in [-0.25, -0.2) is 0 Å². The molecule has 0 aliphatic carbocycles. The Hall–Kier alpha value is -0.130. The fraction of sp³-hybridized carbons (Fsp3) is 1.00. The molecular formula is C5H10O4S. The van der Waals surface area contributed by atoms with E-state index < -0.39 is 10.1 Å². The molecule has 0 aromatic rings. The van der Waals surface area contributed by atoms with Crippen LogP contribution in [0.3, 0.4) is 0 Å². The predicted molar refractivity (Wildman–Crippen MR) is 35.2 cm³/mol. The van der Waals surface area contributed by atoms with Crippen molar-refractivity contribution in [3.63, 3.8) is 0 Å². The van der Waals surface area contributed by atoms with Gasteiger partial charge in [-0.1, -0.05) is 0 Å². The van der Waals surface area contributed by atoms with Crippen molar-refractivity contribution in [2.24, 2.45) is 0 Å². The average molecular weight is 166 g/mol. The van der Waals surface area contributed by atoms with Gasteiger partial charge < -0.3 is 4.74 Å². The van der Waals surface area contributed by atoms with Gasteiger partial charge >= 0.3 is 0 Å². The van der Waals surface area contributed by atoms with Gasteiger partial charge in [-0.15, -0.1) is 0 Å². The van der Waals surface area contributed by atoms with Crippen LogP contribution < -0.4 is 0 Å². The molecule has 1 atom stereocenters. The SMILES string of the molecule is COCC1CCS(=O)(=O)O1. The highest BCUT2D eigenvalue weighted by atomic mass is 32.2. The van der Waals surface area contributed by atoms with E-state index in [-0.39, 0.29) is 11.9 Å². The van der Waals surface area contributed by atoms with Gasteiger partial charge in [-0.3, -0.25) is 4.18 Å². The van der Waals surface area contributed by atoms with E-state index in [4.69, 9.17) is 4.74 Å². The Morgan fingerprint density at radius 2 is 2.40 bits per heavy atom. The average Bonchev–Trinajstić information content (AvgIpc) is 2.12. The molecular weight excluding hydrogens is 156 g/mol. The molecule has 4 nitrogen and oxygen atoms in total. The molecule has 0 N–H and O–H groups in total. The standard InChI is InChI=1S/C5H10O4S/c1-8-4-5-2-3-10(6,7)9-5/h5H,2-4H2,1H3. The van der Waals surface area contributed by atoms with Crippen LogP contribution in [0.25, 0.3) is 0 Å². The van der Waals surface area contributed by atoms with E-state index in [1.54, 1.807) is 0 Å². The third kappa shape index (κ3) is 1.93. The number of ether oxygens (including phenoxy) is 1. The van der Waals surface area contributed by atoms with Crippen LogP contribution in [0.5, 0.6) is 0 Å². The van der Waals surface area contributed by atoms with Crippen LogP contribution in [-0.2, 0) is 19.0 Å². The zero-order valence-electron chi connectivity index (χ0n) is 5.74. The van der Waals surface area contributed by atoms with Crippen molar-refractivity contribution in [2.75, 3.05) is 19.5 Å². The molecule has 0 amide bonds. The first-order valence-corrected chi connectivity index (χ1v) is 4.62. The normalized spacial score (nSPS) is 30.7. The van der Waals surface area contributed by atoms with E-state index in [0.29, 0.717) is 13.0 Å². The number of hydrogen-bond donors (Lipinski definition) is 0. The number of rotatable bonds is 2. The monoisotopic (exact) mass is 166 g/mol. The molecule has 60 valence electrons. The first kappa shape index (κ1) is 7.97. The molecule has 0 saturated carbocycles. The van der Waals surface area contributed by atoms with E-state index in [9.17, 15) is 8.42 Å². The van der Waals surface area contributed by atoms with Crippen LogP contribution in [0.4, 0.5) is 0 Å². The Bertz CT molecular complexity index is 196. The van der Waals surface area contributed by atoms with E-state index in [0.717, 1.165) is 0 Å². The summed E-state index contributed by atoms with van der Waals surface area (Å²) < 4.78 is 30.6. The van der Waals surface area contributed by atoms with Gasteiger partial charge in [0.05, 0.1) is 12.4 Å². The van der Waals surface area contributed by atoms with Crippen molar-refractivity contribution in [1.29, 1.82) is 0 Å². The van der Waals surface area contributed by atoms with E-state index in [1.165, 1.54) is 7.11 Å². The van der Waals surface area contributed by atoms with Crippen LogP contribution in [0.2, 0.25) is 0 Å². The molecule has 1 rings (SSSR count). The van der Waals surface area contributed by atoms with Gasteiger partial charge in [0.1, 0.15) is 6.10 Å². The molecule has 1 aliphatic rings. The molecule has 5 heteroatoms. The molecule has 0 spiro atoms. The smallest absolute Gasteiger partial charge is 0.267 e. The topological polar surface area (TPSA) is 52.6 Å². The maximum atomic E-state index is 10.6. The minimum Gasteiger partial charge on any atom is -0.382 e. The van der Waals surface area contributed by atoms with Gasteiger partial charge in [-0.2, -0.15) is 8.42 Å². The van der Waals surface area contributed by atoms with Crippen molar-refractivity contribution in [2.45, 2.75) is 12.5 Å². The molecule has 1 heterocycles.